The number of nitrogens with zero attached hydrogens (tertiary/aromatic N) is 3. The Bertz CT molecular complexity index is 799. The molecule has 2 atom stereocenters. The highest BCUT2D eigenvalue weighted by molar-refractivity contribution is 5.79. The number of nitrogens with one attached hydrogen (secondary N) is 1. The predicted octanol–water partition coefficient (Wildman–Crippen LogP) is 3.37. The van der Waals surface area contributed by atoms with Gasteiger partial charge in [0.05, 0.1) is 12.1 Å². The van der Waals surface area contributed by atoms with Crippen LogP contribution in [0.5, 0.6) is 0 Å². The van der Waals surface area contributed by atoms with Gasteiger partial charge >= 0.3 is 0 Å². The van der Waals surface area contributed by atoms with E-state index < -0.39 is 0 Å². The van der Waals surface area contributed by atoms with Crippen molar-refractivity contribution < 1.29 is 4.79 Å². The summed E-state index contributed by atoms with van der Waals surface area (Å²) in [6.07, 6.45) is 1.72. The second-order valence-corrected chi connectivity index (χ2v) is 8.68. The van der Waals surface area contributed by atoms with Crippen molar-refractivity contribution in [2.75, 3.05) is 13.1 Å². The molecule has 0 aliphatic carbocycles. The number of hydrogen-bond acceptors (Lipinski definition) is 3. The molecule has 2 heterocycles. The molecule has 1 amide bonds. The molecule has 5 nitrogen and oxygen atoms in total. The first-order chi connectivity index (χ1) is 13.3. The smallest absolute Gasteiger partial charge is 0.224 e. The molecule has 0 unspecified atom stereocenters. The molecule has 1 aromatic heterocycles. The number of carbonyl (C=O) groups is 1. The fourth-order valence-corrected chi connectivity index (χ4v) is 4.44. The summed E-state index contributed by atoms with van der Waals surface area (Å²) in [4.78, 5) is 14.9. The first-order valence-corrected chi connectivity index (χ1v) is 10.4. The first kappa shape index (κ1) is 20.6. The van der Waals surface area contributed by atoms with E-state index in [2.05, 4.69) is 53.4 Å². The largest absolute Gasteiger partial charge is 0.352 e. The van der Waals surface area contributed by atoms with Gasteiger partial charge in [0.1, 0.15) is 0 Å². The molecule has 0 saturated carbocycles. The standard InChI is InChI=1S/C23H34N4O/c1-16-10-17(2)14-27(13-16)15-21-8-6-20(7-9-21)12-24-23(28)11-22-18(3)25-26(5)19(22)4/h6-9,16-17H,10-15H2,1-5H3,(H,24,28)/t16-,17+. The number of aryl methyl sites for hydroxylation is 2. The third-order valence-corrected chi connectivity index (χ3v) is 5.86. The minimum atomic E-state index is 0.0413. The quantitative estimate of drug-likeness (QED) is 0.833. The summed E-state index contributed by atoms with van der Waals surface area (Å²) in [6.45, 7) is 12.6. The molecule has 1 N–H and O–H groups in total. The maximum absolute atomic E-state index is 12.3. The summed E-state index contributed by atoms with van der Waals surface area (Å²) in [7, 11) is 1.91. The number of piperidine rings is 1. The van der Waals surface area contributed by atoms with Gasteiger partial charge in [-0.1, -0.05) is 38.1 Å². The van der Waals surface area contributed by atoms with E-state index in [1.807, 2.05) is 25.6 Å². The van der Waals surface area contributed by atoms with Crippen LogP contribution in [0.4, 0.5) is 0 Å². The Morgan fingerprint density at radius 2 is 1.71 bits per heavy atom. The molecule has 5 heteroatoms. The number of carbonyl (C=O) groups excluding carboxylic acids is 1. The van der Waals surface area contributed by atoms with Crippen LogP contribution in [-0.2, 0) is 31.4 Å². The van der Waals surface area contributed by atoms with Crippen LogP contribution in [0.1, 0.15) is 48.3 Å². The highest BCUT2D eigenvalue weighted by atomic mass is 16.1. The third-order valence-electron chi connectivity index (χ3n) is 5.86. The maximum atomic E-state index is 12.3. The number of likely N-dealkylation sites (tertiary alicyclic amines) is 1. The Labute approximate surface area is 169 Å². The fourth-order valence-electron chi connectivity index (χ4n) is 4.44. The SMILES string of the molecule is Cc1nn(C)c(C)c1CC(=O)NCc1ccc(CN2C[C@H](C)C[C@H](C)C2)cc1. The zero-order valence-electron chi connectivity index (χ0n) is 18.0. The van der Waals surface area contributed by atoms with Crippen molar-refractivity contribution in [1.29, 1.82) is 0 Å². The van der Waals surface area contributed by atoms with Crippen LogP contribution in [0.3, 0.4) is 0 Å². The Morgan fingerprint density at radius 1 is 1.11 bits per heavy atom. The van der Waals surface area contributed by atoms with E-state index in [4.69, 9.17) is 0 Å². The molecule has 0 spiro atoms. The van der Waals surface area contributed by atoms with Gasteiger partial charge in [-0.25, -0.2) is 0 Å². The highest BCUT2D eigenvalue weighted by Gasteiger charge is 2.21. The van der Waals surface area contributed by atoms with E-state index in [0.29, 0.717) is 13.0 Å². The Kier molecular flexibility index (Phi) is 6.55. The van der Waals surface area contributed by atoms with Crippen molar-refractivity contribution >= 4 is 5.91 Å². The van der Waals surface area contributed by atoms with Crippen molar-refractivity contribution in [1.82, 2.24) is 20.0 Å². The zero-order chi connectivity index (χ0) is 20.3. The summed E-state index contributed by atoms with van der Waals surface area (Å²) in [5.41, 5.74) is 5.50. The molecular formula is C23H34N4O. The first-order valence-electron chi connectivity index (χ1n) is 10.4. The van der Waals surface area contributed by atoms with E-state index in [-0.39, 0.29) is 5.91 Å². The van der Waals surface area contributed by atoms with Gasteiger partial charge in [0.25, 0.3) is 0 Å². The van der Waals surface area contributed by atoms with E-state index in [9.17, 15) is 4.79 Å². The van der Waals surface area contributed by atoms with Gasteiger partial charge in [-0.15, -0.1) is 0 Å². The number of benzene rings is 1. The van der Waals surface area contributed by atoms with Gasteiger partial charge in [0.15, 0.2) is 0 Å². The highest BCUT2D eigenvalue weighted by Crippen LogP contribution is 2.22. The van der Waals surface area contributed by atoms with Crippen molar-refractivity contribution in [3.05, 3.63) is 52.3 Å². The van der Waals surface area contributed by atoms with Crippen molar-refractivity contribution in [2.45, 2.75) is 53.6 Å². The van der Waals surface area contributed by atoms with Crippen LogP contribution in [0, 0.1) is 25.7 Å². The molecule has 0 bridgehead atoms. The van der Waals surface area contributed by atoms with E-state index in [1.54, 1.807) is 0 Å². The van der Waals surface area contributed by atoms with Gasteiger partial charge in [-0.05, 0) is 43.2 Å². The van der Waals surface area contributed by atoms with Gasteiger partial charge < -0.3 is 5.32 Å². The second-order valence-electron chi connectivity index (χ2n) is 8.68. The summed E-state index contributed by atoms with van der Waals surface area (Å²) in [6, 6.07) is 8.65. The molecule has 1 aliphatic rings. The number of rotatable bonds is 6. The molecule has 1 fully saturated rings. The van der Waals surface area contributed by atoms with Crippen LogP contribution in [0.2, 0.25) is 0 Å². The van der Waals surface area contributed by atoms with Gasteiger partial charge in [-0.3, -0.25) is 14.4 Å². The lowest BCUT2D eigenvalue weighted by Crippen LogP contribution is -2.38. The van der Waals surface area contributed by atoms with Gasteiger partial charge in [0, 0.05) is 44.5 Å². The minimum Gasteiger partial charge on any atom is -0.352 e. The number of aromatic nitrogens is 2. The molecule has 0 radical (unpaired) electrons. The Hall–Kier alpha value is -2.14. The molecular weight excluding hydrogens is 348 g/mol. The summed E-state index contributed by atoms with van der Waals surface area (Å²) in [5, 5.41) is 7.42. The number of hydrogen-bond donors (Lipinski definition) is 1. The van der Waals surface area contributed by atoms with Gasteiger partial charge in [-0.2, -0.15) is 5.10 Å². The lowest BCUT2D eigenvalue weighted by atomic mass is 9.91. The molecule has 3 rings (SSSR count). The normalized spacial score (nSPS) is 20.3. The van der Waals surface area contributed by atoms with Crippen LogP contribution in [0.15, 0.2) is 24.3 Å². The summed E-state index contributed by atoms with van der Waals surface area (Å²) in [5.74, 6) is 1.61. The predicted molar refractivity (Wildman–Crippen MR) is 113 cm³/mol. The molecule has 28 heavy (non-hydrogen) atoms. The molecule has 2 aromatic rings. The molecule has 1 aromatic carbocycles. The minimum absolute atomic E-state index is 0.0413. The molecule has 152 valence electrons. The summed E-state index contributed by atoms with van der Waals surface area (Å²) >= 11 is 0. The monoisotopic (exact) mass is 382 g/mol. The third kappa shape index (κ3) is 5.22. The molecule has 1 aliphatic heterocycles. The van der Waals surface area contributed by atoms with Crippen molar-refractivity contribution in [2.24, 2.45) is 18.9 Å². The zero-order valence-corrected chi connectivity index (χ0v) is 18.0. The lowest BCUT2D eigenvalue weighted by Gasteiger charge is -2.35. The topological polar surface area (TPSA) is 50.2 Å². The Morgan fingerprint density at radius 3 is 2.29 bits per heavy atom. The summed E-state index contributed by atoms with van der Waals surface area (Å²) < 4.78 is 1.83. The second kappa shape index (κ2) is 8.91. The van der Waals surface area contributed by atoms with Crippen molar-refractivity contribution in [3.8, 4) is 0 Å². The average Bonchev–Trinajstić information content (AvgIpc) is 2.86. The maximum Gasteiger partial charge on any atom is 0.224 e. The van der Waals surface area contributed by atoms with Crippen LogP contribution in [0.25, 0.3) is 0 Å². The molecule has 1 saturated heterocycles. The average molecular weight is 383 g/mol. The van der Waals surface area contributed by atoms with E-state index in [1.165, 1.54) is 25.1 Å². The van der Waals surface area contributed by atoms with Crippen LogP contribution < -0.4 is 5.32 Å². The van der Waals surface area contributed by atoms with Crippen LogP contribution in [-0.4, -0.2) is 33.7 Å². The lowest BCUT2D eigenvalue weighted by molar-refractivity contribution is -0.120. The van der Waals surface area contributed by atoms with Gasteiger partial charge in [0.2, 0.25) is 5.91 Å². The van der Waals surface area contributed by atoms with E-state index in [0.717, 1.165) is 40.9 Å². The fraction of sp³-hybridized carbons (Fsp3) is 0.565. The van der Waals surface area contributed by atoms with Crippen molar-refractivity contribution in [3.63, 3.8) is 0 Å². The number of amides is 1. The van der Waals surface area contributed by atoms with Crippen LogP contribution >= 0.6 is 0 Å². The Balaban J connectivity index is 1.49. The van der Waals surface area contributed by atoms with E-state index >= 15 is 0 Å².